The number of alkyl halides is 3. The van der Waals surface area contributed by atoms with Crippen molar-refractivity contribution in [1.29, 1.82) is 0 Å². The maximum Gasteiger partial charge on any atom is 0.433 e. The van der Waals surface area contributed by atoms with Gasteiger partial charge in [0.15, 0.2) is 0 Å². The molecule has 0 aliphatic rings. The molecule has 0 spiro atoms. The molecule has 0 radical (unpaired) electrons. The van der Waals surface area contributed by atoms with Crippen LogP contribution in [0.3, 0.4) is 0 Å². The SMILES string of the molecule is CCC#CCn1ncc(-c2ccnc(C(F)(F)F)c2)n1. The molecule has 0 saturated heterocycles. The van der Waals surface area contributed by atoms with Crippen LogP contribution in [-0.4, -0.2) is 20.0 Å². The molecule has 0 bridgehead atoms. The lowest BCUT2D eigenvalue weighted by molar-refractivity contribution is -0.141. The van der Waals surface area contributed by atoms with Gasteiger partial charge in [-0.1, -0.05) is 12.8 Å². The largest absolute Gasteiger partial charge is 0.433 e. The number of aromatic nitrogens is 4. The Kier molecular flexibility index (Phi) is 4.03. The van der Waals surface area contributed by atoms with Crippen LogP contribution in [0.4, 0.5) is 13.2 Å². The zero-order chi connectivity index (χ0) is 14.6. The molecule has 0 aliphatic carbocycles. The quantitative estimate of drug-likeness (QED) is 0.794. The van der Waals surface area contributed by atoms with Crippen molar-refractivity contribution in [3.8, 4) is 23.1 Å². The van der Waals surface area contributed by atoms with Crippen molar-refractivity contribution < 1.29 is 13.2 Å². The van der Waals surface area contributed by atoms with Crippen LogP contribution in [0, 0.1) is 11.8 Å². The molecule has 2 aromatic heterocycles. The van der Waals surface area contributed by atoms with E-state index in [4.69, 9.17) is 0 Å². The maximum atomic E-state index is 12.6. The van der Waals surface area contributed by atoms with Gasteiger partial charge in [-0.05, 0) is 12.1 Å². The molecule has 104 valence electrons. The Balaban J connectivity index is 2.24. The van der Waals surface area contributed by atoms with Gasteiger partial charge in [0.1, 0.15) is 17.9 Å². The van der Waals surface area contributed by atoms with Gasteiger partial charge in [0, 0.05) is 18.2 Å². The first kappa shape index (κ1) is 14.1. The fraction of sp³-hybridized carbons (Fsp3) is 0.308. The van der Waals surface area contributed by atoms with E-state index in [1.165, 1.54) is 17.1 Å². The molecule has 0 aliphatic heterocycles. The summed E-state index contributed by atoms with van der Waals surface area (Å²) in [5.74, 6) is 5.71. The highest BCUT2D eigenvalue weighted by Gasteiger charge is 2.32. The zero-order valence-electron chi connectivity index (χ0n) is 10.6. The Hall–Kier alpha value is -2.36. The van der Waals surface area contributed by atoms with E-state index in [0.29, 0.717) is 17.8 Å². The molecule has 0 unspecified atom stereocenters. The van der Waals surface area contributed by atoms with Crippen molar-refractivity contribution in [2.24, 2.45) is 0 Å². The molecule has 2 heterocycles. The van der Waals surface area contributed by atoms with E-state index in [1.807, 2.05) is 6.92 Å². The third-order valence-corrected chi connectivity index (χ3v) is 2.40. The first-order valence-corrected chi connectivity index (χ1v) is 5.90. The van der Waals surface area contributed by atoms with E-state index in [-0.39, 0.29) is 0 Å². The third-order valence-electron chi connectivity index (χ3n) is 2.40. The standard InChI is InChI=1S/C13H11F3N4/c1-2-3-4-7-20-18-9-11(19-20)10-5-6-17-12(8-10)13(14,15)16/h5-6,8-9H,2,7H2,1H3. The average molecular weight is 280 g/mol. The highest BCUT2D eigenvalue weighted by molar-refractivity contribution is 5.57. The molecular weight excluding hydrogens is 269 g/mol. The molecule has 0 fully saturated rings. The van der Waals surface area contributed by atoms with Crippen LogP contribution in [0.2, 0.25) is 0 Å². The van der Waals surface area contributed by atoms with E-state index >= 15 is 0 Å². The number of nitrogens with zero attached hydrogens (tertiary/aromatic N) is 4. The van der Waals surface area contributed by atoms with Crippen molar-refractivity contribution >= 4 is 0 Å². The van der Waals surface area contributed by atoms with Gasteiger partial charge in [-0.3, -0.25) is 4.98 Å². The Morgan fingerprint density at radius 2 is 2.10 bits per heavy atom. The molecule has 7 heteroatoms. The minimum Gasteiger partial charge on any atom is -0.252 e. The summed E-state index contributed by atoms with van der Waals surface area (Å²) in [6, 6.07) is 2.41. The molecule has 0 aromatic carbocycles. The molecule has 20 heavy (non-hydrogen) atoms. The fourth-order valence-corrected chi connectivity index (χ4v) is 1.50. The average Bonchev–Trinajstić information content (AvgIpc) is 2.87. The van der Waals surface area contributed by atoms with Crippen molar-refractivity contribution in [2.45, 2.75) is 26.1 Å². The Morgan fingerprint density at radius 1 is 1.30 bits per heavy atom. The van der Waals surface area contributed by atoms with Gasteiger partial charge in [0.2, 0.25) is 0 Å². The molecule has 2 aromatic rings. The normalized spacial score (nSPS) is 11.0. The van der Waals surface area contributed by atoms with Crippen molar-refractivity contribution in [2.75, 3.05) is 0 Å². The number of pyridine rings is 1. The summed E-state index contributed by atoms with van der Waals surface area (Å²) in [5.41, 5.74) is -0.270. The van der Waals surface area contributed by atoms with Crippen LogP contribution in [0.25, 0.3) is 11.3 Å². The Morgan fingerprint density at radius 3 is 2.80 bits per heavy atom. The topological polar surface area (TPSA) is 43.6 Å². The predicted molar refractivity (Wildman–Crippen MR) is 66.3 cm³/mol. The monoisotopic (exact) mass is 280 g/mol. The maximum absolute atomic E-state index is 12.6. The van der Waals surface area contributed by atoms with Crippen LogP contribution in [0.5, 0.6) is 0 Å². The van der Waals surface area contributed by atoms with Gasteiger partial charge >= 0.3 is 6.18 Å². The first-order valence-electron chi connectivity index (χ1n) is 5.90. The van der Waals surface area contributed by atoms with E-state index in [2.05, 4.69) is 27.0 Å². The van der Waals surface area contributed by atoms with Crippen LogP contribution in [0.15, 0.2) is 24.5 Å². The van der Waals surface area contributed by atoms with Gasteiger partial charge in [0.25, 0.3) is 0 Å². The van der Waals surface area contributed by atoms with Gasteiger partial charge < -0.3 is 0 Å². The van der Waals surface area contributed by atoms with E-state index in [1.54, 1.807) is 0 Å². The Bertz CT molecular complexity index is 649. The smallest absolute Gasteiger partial charge is 0.252 e. The van der Waals surface area contributed by atoms with Crippen LogP contribution < -0.4 is 0 Å². The first-order chi connectivity index (χ1) is 9.50. The number of halogens is 3. The van der Waals surface area contributed by atoms with Crippen molar-refractivity contribution in [3.05, 3.63) is 30.2 Å². The van der Waals surface area contributed by atoms with E-state index < -0.39 is 11.9 Å². The Labute approximate surface area is 113 Å². The summed E-state index contributed by atoms with van der Waals surface area (Å²) in [6.45, 7) is 2.23. The van der Waals surface area contributed by atoms with Crippen molar-refractivity contribution in [3.63, 3.8) is 0 Å². The lowest BCUT2D eigenvalue weighted by atomic mass is 10.2. The number of hydrogen-bond acceptors (Lipinski definition) is 3. The zero-order valence-corrected chi connectivity index (χ0v) is 10.6. The minimum atomic E-state index is -4.47. The second kappa shape index (κ2) is 5.74. The number of hydrogen-bond donors (Lipinski definition) is 0. The summed E-state index contributed by atoms with van der Waals surface area (Å²) in [7, 11) is 0. The van der Waals surface area contributed by atoms with Gasteiger partial charge in [-0.25, -0.2) is 0 Å². The van der Waals surface area contributed by atoms with Gasteiger partial charge in [0.05, 0.1) is 6.20 Å². The second-order valence-electron chi connectivity index (χ2n) is 3.89. The molecule has 0 saturated carbocycles. The van der Waals surface area contributed by atoms with E-state index in [0.717, 1.165) is 18.7 Å². The molecular formula is C13H11F3N4. The highest BCUT2D eigenvalue weighted by atomic mass is 19.4. The summed E-state index contributed by atoms with van der Waals surface area (Å²) < 4.78 is 37.7. The number of rotatable bonds is 2. The van der Waals surface area contributed by atoms with Crippen LogP contribution in [0.1, 0.15) is 19.0 Å². The van der Waals surface area contributed by atoms with Crippen LogP contribution in [-0.2, 0) is 12.7 Å². The molecule has 4 nitrogen and oxygen atoms in total. The highest BCUT2D eigenvalue weighted by Crippen LogP contribution is 2.29. The lowest BCUT2D eigenvalue weighted by Crippen LogP contribution is -2.07. The van der Waals surface area contributed by atoms with Crippen LogP contribution >= 0.6 is 0 Å². The summed E-state index contributed by atoms with van der Waals surface area (Å²) in [5, 5.41) is 8.04. The fourth-order valence-electron chi connectivity index (χ4n) is 1.50. The molecule has 2 rings (SSSR count). The second-order valence-corrected chi connectivity index (χ2v) is 3.89. The third kappa shape index (κ3) is 3.35. The summed E-state index contributed by atoms with van der Waals surface area (Å²) >= 11 is 0. The molecule has 0 N–H and O–H groups in total. The predicted octanol–water partition coefficient (Wildman–Crippen LogP) is 2.77. The summed E-state index contributed by atoms with van der Waals surface area (Å²) in [6.07, 6.45) is -1.23. The van der Waals surface area contributed by atoms with Gasteiger partial charge in [-0.15, -0.1) is 5.92 Å². The minimum absolute atomic E-state index is 0.311. The molecule has 0 atom stereocenters. The van der Waals surface area contributed by atoms with E-state index in [9.17, 15) is 13.2 Å². The lowest BCUT2D eigenvalue weighted by Gasteiger charge is -2.05. The van der Waals surface area contributed by atoms with Gasteiger partial charge in [-0.2, -0.15) is 28.2 Å². The summed E-state index contributed by atoms with van der Waals surface area (Å²) in [4.78, 5) is 4.64. The van der Waals surface area contributed by atoms with Crippen molar-refractivity contribution in [1.82, 2.24) is 20.0 Å². The molecule has 0 amide bonds.